The first-order chi connectivity index (χ1) is 8.76. The van der Waals surface area contributed by atoms with Gasteiger partial charge in [-0.1, -0.05) is 24.9 Å². The van der Waals surface area contributed by atoms with Gasteiger partial charge >= 0.3 is 0 Å². The molecule has 0 fully saturated rings. The third kappa shape index (κ3) is 2.59. The van der Waals surface area contributed by atoms with Crippen LogP contribution in [0.1, 0.15) is 38.1 Å². The van der Waals surface area contributed by atoms with Crippen LogP contribution < -0.4 is 0 Å². The van der Waals surface area contributed by atoms with Crippen LogP contribution in [0.4, 0.5) is 0 Å². The Morgan fingerprint density at radius 3 is 3.06 bits per heavy atom. The Morgan fingerprint density at radius 1 is 1.56 bits per heavy atom. The zero-order valence-corrected chi connectivity index (χ0v) is 10.6. The van der Waals surface area contributed by atoms with E-state index in [-0.39, 0.29) is 0 Å². The summed E-state index contributed by atoms with van der Waals surface area (Å²) in [5.74, 6) is 0.549. The number of unbranched alkanes of at least 4 members (excludes halogenated alkanes) is 1. The monoisotopic (exact) mass is 268 g/mol. The topological polar surface area (TPSA) is 80.8 Å². The van der Waals surface area contributed by atoms with Gasteiger partial charge in [0.1, 0.15) is 11.8 Å². The summed E-state index contributed by atoms with van der Waals surface area (Å²) >= 11 is 5.92. The van der Waals surface area contributed by atoms with Gasteiger partial charge in [0.2, 0.25) is 0 Å². The summed E-state index contributed by atoms with van der Waals surface area (Å²) < 4.78 is 5.03. The molecule has 1 N–H and O–H groups in total. The van der Waals surface area contributed by atoms with Crippen molar-refractivity contribution >= 4 is 29.2 Å². The lowest BCUT2D eigenvalue weighted by molar-refractivity contribution is -0.134. The van der Waals surface area contributed by atoms with Crippen LogP contribution in [0.25, 0.3) is 11.2 Å². The molecule has 0 aliphatic heterocycles. The molecule has 0 spiro atoms. The second kappa shape index (κ2) is 5.77. The number of hydrogen-bond acceptors (Lipinski definition) is 5. The van der Waals surface area contributed by atoms with E-state index in [0.717, 1.165) is 12.8 Å². The summed E-state index contributed by atoms with van der Waals surface area (Å²) in [6.45, 7) is 2.50. The van der Waals surface area contributed by atoms with Gasteiger partial charge in [-0.25, -0.2) is 15.0 Å². The molecule has 7 heteroatoms. The van der Waals surface area contributed by atoms with Crippen LogP contribution in [0.15, 0.2) is 6.33 Å². The van der Waals surface area contributed by atoms with Gasteiger partial charge in [0, 0.05) is 0 Å². The van der Waals surface area contributed by atoms with Crippen LogP contribution in [-0.2, 0) is 9.53 Å². The lowest BCUT2D eigenvalue weighted by Gasteiger charge is -2.11. The Morgan fingerprint density at radius 2 is 2.39 bits per heavy atom. The Balaban J connectivity index is 2.32. The number of H-pyrrole nitrogens is 1. The van der Waals surface area contributed by atoms with Crippen LogP contribution in [0, 0.1) is 0 Å². The first-order valence-electron chi connectivity index (χ1n) is 5.71. The summed E-state index contributed by atoms with van der Waals surface area (Å²) in [6, 6.07) is 0. The predicted octanol–water partition coefficient (Wildman–Crippen LogP) is 2.41. The van der Waals surface area contributed by atoms with Crippen molar-refractivity contribution in [2.24, 2.45) is 0 Å². The largest absolute Gasteiger partial charge is 0.456 e. The summed E-state index contributed by atoms with van der Waals surface area (Å²) in [5.41, 5.74) is 1.03. The third-order valence-corrected chi connectivity index (χ3v) is 2.89. The van der Waals surface area contributed by atoms with E-state index in [1.54, 1.807) is 0 Å². The molecule has 0 aliphatic rings. The van der Waals surface area contributed by atoms with Crippen LogP contribution in [0.2, 0.25) is 5.15 Å². The van der Waals surface area contributed by atoms with E-state index in [1.165, 1.54) is 6.33 Å². The number of fused-ring (bicyclic) bond motifs is 1. The Hall–Kier alpha value is -1.69. The fraction of sp³-hybridized carbons (Fsp3) is 0.455. The zero-order valence-electron chi connectivity index (χ0n) is 9.89. The second-order valence-electron chi connectivity index (χ2n) is 3.85. The van der Waals surface area contributed by atoms with Crippen molar-refractivity contribution < 1.29 is 9.53 Å². The quantitative estimate of drug-likeness (QED) is 0.643. The number of rotatable bonds is 6. The van der Waals surface area contributed by atoms with Gasteiger partial charge in [-0.3, -0.25) is 4.79 Å². The number of imidazole rings is 1. The maximum atomic E-state index is 10.5. The highest BCUT2D eigenvalue weighted by atomic mass is 35.5. The minimum absolute atomic E-state index is 0.305. The molecule has 0 saturated heterocycles. The Labute approximate surface area is 109 Å². The number of carbonyl (C=O) groups excluding carboxylic acids is 1. The average Bonchev–Trinajstić information content (AvgIpc) is 2.80. The maximum absolute atomic E-state index is 10.5. The first-order valence-corrected chi connectivity index (χ1v) is 6.09. The van der Waals surface area contributed by atoms with E-state index < -0.39 is 6.10 Å². The van der Waals surface area contributed by atoms with E-state index >= 15 is 0 Å². The van der Waals surface area contributed by atoms with E-state index in [0.29, 0.717) is 35.0 Å². The molecule has 2 aromatic rings. The number of aromatic nitrogens is 4. The third-order valence-electron chi connectivity index (χ3n) is 2.61. The van der Waals surface area contributed by atoms with Crippen LogP contribution in [-0.4, -0.2) is 26.4 Å². The summed E-state index contributed by atoms with van der Waals surface area (Å²) in [5, 5.41) is 0.305. The van der Waals surface area contributed by atoms with Gasteiger partial charge in [0.15, 0.2) is 22.7 Å². The molecular formula is C11H13ClN4O2. The normalized spacial score (nSPS) is 12.6. The SMILES string of the molecule is CCCCC(OC=O)c1nc2ncnc(Cl)c2[nH]1. The van der Waals surface area contributed by atoms with Crippen molar-refractivity contribution in [1.82, 2.24) is 19.9 Å². The molecule has 0 bridgehead atoms. The predicted molar refractivity (Wildman–Crippen MR) is 66.1 cm³/mol. The summed E-state index contributed by atoms with van der Waals surface area (Å²) in [4.78, 5) is 25.7. The molecular weight excluding hydrogens is 256 g/mol. The van der Waals surface area contributed by atoms with Gasteiger partial charge < -0.3 is 9.72 Å². The van der Waals surface area contributed by atoms with Gasteiger partial charge in [0.25, 0.3) is 6.47 Å². The highest BCUT2D eigenvalue weighted by Crippen LogP contribution is 2.24. The standard InChI is InChI=1S/C11H13ClN4O2/c1-2-3-4-7(18-6-17)10-15-8-9(12)13-5-14-11(8)16-10/h5-7H,2-4H2,1H3,(H,13,14,15,16). The Kier molecular flexibility index (Phi) is 4.09. The Bertz CT molecular complexity index is 543. The molecule has 2 heterocycles. The second-order valence-corrected chi connectivity index (χ2v) is 4.21. The number of hydrogen-bond donors (Lipinski definition) is 1. The molecule has 1 unspecified atom stereocenters. The molecule has 0 aliphatic carbocycles. The minimum Gasteiger partial charge on any atom is -0.456 e. The van der Waals surface area contributed by atoms with Gasteiger partial charge in [0.05, 0.1) is 0 Å². The van der Waals surface area contributed by atoms with E-state index in [9.17, 15) is 4.79 Å². The lowest BCUT2D eigenvalue weighted by atomic mass is 10.1. The number of carbonyl (C=O) groups is 1. The van der Waals surface area contributed by atoms with Crippen molar-refractivity contribution in [3.63, 3.8) is 0 Å². The van der Waals surface area contributed by atoms with Crippen molar-refractivity contribution in [1.29, 1.82) is 0 Å². The molecule has 2 aromatic heterocycles. The zero-order chi connectivity index (χ0) is 13.0. The lowest BCUT2D eigenvalue weighted by Crippen LogP contribution is -2.05. The molecule has 18 heavy (non-hydrogen) atoms. The van der Waals surface area contributed by atoms with Gasteiger partial charge in [-0.15, -0.1) is 0 Å². The highest BCUT2D eigenvalue weighted by molar-refractivity contribution is 6.33. The molecule has 0 aromatic carbocycles. The number of nitrogens with one attached hydrogen (secondary N) is 1. The highest BCUT2D eigenvalue weighted by Gasteiger charge is 2.18. The van der Waals surface area contributed by atoms with Crippen LogP contribution in [0.3, 0.4) is 0 Å². The van der Waals surface area contributed by atoms with Crippen molar-refractivity contribution in [3.05, 3.63) is 17.3 Å². The molecule has 0 radical (unpaired) electrons. The fourth-order valence-electron chi connectivity index (χ4n) is 1.70. The van der Waals surface area contributed by atoms with Gasteiger partial charge in [-0.2, -0.15) is 0 Å². The van der Waals surface area contributed by atoms with E-state index in [4.69, 9.17) is 16.3 Å². The summed E-state index contributed by atoms with van der Waals surface area (Å²) in [6.07, 6.45) is 3.61. The number of nitrogens with zero attached hydrogens (tertiary/aromatic N) is 3. The van der Waals surface area contributed by atoms with Crippen molar-refractivity contribution in [2.75, 3.05) is 0 Å². The molecule has 96 valence electrons. The van der Waals surface area contributed by atoms with Crippen molar-refractivity contribution in [3.8, 4) is 0 Å². The first kappa shape index (κ1) is 12.8. The molecule has 0 saturated carbocycles. The van der Waals surface area contributed by atoms with Crippen LogP contribution >= 0.6 is 11.6 Å². The van der Waals surface area contributed by atoms with Crippen molar-refractivity contribution in [2.45, 2.75) is 32.3 Å². The average molecular weight is 269 g/mol. The maximum Gasteiger partial charge on any atom is 0.293 e. The number of aromatic amines is 1. The molecule has 6 nitrogen and oxygen atoms in total. The van der Waals surface area contributed by atoms with E-state index in [2.05, 4.69) is 26.9 Å². The van der Waals surface area contributed by atoms with E-state index in [1.807, 2.05) is 0 Å². The smallest absolute Gasteiger partial charge is 0.293 e. The molecule has 2 rings (SSSR count). The van der Waals surface area contributed by atoms with Gasteiger partial charge in [-0.05, 0) is 12.8 Å². The molecule has 0 amide bonds. The van der Waals surface area contributed by atoms with Crippen LogP contribution in [0.5, 0.6) is 0 Å². The molecule has 1 atom stereocenters. The number of halogens is 1. The number of ether oxygens (including phenoxy) is 1. The minimum atomic E-state index is -0.396. The summed E-state index contributed by atoms with van der Waals surface area (Å²) in [7, 11) is 0. The fourth-order valence-corrected chi connectivity index (χ4v) is 1.87.